The molecule has 9 heteroatoms. The van der Waals surface area contributed by atoms with E-state index in [1.54, 1.807) is 12.1 Å². The second-order valence-corrected chi connectivity index (χ2v) is 5.28. The van der Waals surface area contributed by atoms with E-state index in [1.807, 2.05) is 6.92 Å². The monoisotopic (exact) mass is 353 g/mol. The molecule has 2 rings (SSSR count). The van der Waals surface area contributed by atoms with Crippen molar-refractivity contribution in [2.24, 2.45) is 0 Å². The van der Waals surface area contributed by atoms with Crippen LogP contribution < -0.4 is 10.6 Å². The number of carbonyl (C=O) groups excluding carboxylic acids is 1. The molecule has 0 aromatic carbocycles. The second kappa shape index (κ2) is 7.91. The van der Waals surface area contributed by atoms with Gasteiger partial charge >= 0.3 is 6.18 Å². The number of amides is 1. The maximum absolute atomic E-state index is 12.7. The van der Waals surface area contributed by atoms with E-state index < -0.39 is 11.9 Å². The molecular weight excluding hydrogens is 335 g/mol. The van der Waals surface area contributed by atoms with E-state index in [4.69, 9.17) is 0 Å². The highest BCUT2D eigenvalue weighted by atomic mass is 19.4. The Hall–Kier alpha value is -2.71. The van der Waals surface area contributed by atoms with Crippen molar-refractivity contribution in [1.29, 1.82) is 0 Å². The first kappa shape index (κ1) is 18.6. The lowest BCUT2D eigenvalue weighted by Gasteiger charge is -2.10. The summed E-state index contributed by atoms with van der Waals surface area (Å²) in [5.74, 6) is 0.407. The Morgan fingerprint density at radius 1 is 1.24 bits per heavy atom. The fourth-order valence-corrected chi connectivity index (χ4v) is 2.08. The highest BCUT2D eigenvalue weighted by Crippen LogP contribution is 2.27. The molecule has 2 heterocycles. The van der Waals surface area contributed by atoms with Gasteiger partial charge in [-0.15, -0.1) is 0 Å². The maximum Gasteiger partial charge on any atom is 0.433 e. The molecule has 0 atom stereocenters. The Kier molecular flexibility index (Phi) is 5.89. The Labute approximate surface area is 142 Å². The standard InChI is InChI=1S/C16H18F3N5O/c1-3-20-15(25)11-4-5-13(22-9-11)21-7-6-14-23-10(2)8-12(24-14)16(17,18)19/h4-5,8-9H,3,6-7H2,1-2H3,(H,20,25)(H,21,22). The van der Waals surface area contributed by atoms with E-state index in [0.29, 0.717) is 24.5 Å². The summed E-state index contributed by atoms with van der Waals surface area (Å²) in [6.07, 6.45) is -2.85. The lowest BCUT2D eigenvalue weighted by atomic mass is 10.2. The van der Waals surface area contributed by atoms with Crippen LogP contribution in [-0.2, 0) is 12.6 Å². The third-order valence-corrected chi connectivity index (χ3v) is 3.21. The fraction of sp³-hybridized carbons (Fsp3) is 0.375. The molecule has 0 spiro atoms. The van der Waals surface area contributed by atoms with Gasteiger partial charge in [-0.05, 0) is 32.0 Å². The number of rotatable bonds is 6. The van der Waals surface area contributed by atoms with E-state index in [2.05, 4.69) is 25.6 Å². The SMILES string of the molecule is CCNC(=O)c1ccc(NCCc2nc(C)cc(C(F)(F)F)n2)nc1. The van der Waals surface area contributed by atoms with Gasteiger partial charge in [-0.25, -0.2) is 15.0 Å². The van der Waals surface area contributed by atoms with Crippen molar-refractivity contribution in [3.63, 3.8) is 0 Å². The van der Waals surface area contributed by atoms with Gasteiger partial charge in [-0.1, -0.05) is 0 Å². The number of aryl methyl sites for hydroxylation is 1. The van der Waals surface area contributed by atoms with Gasteiger partial charge in [0.05, 0.1) is 5.56 Å². The highest BCUT2D eigenvalue weighted by molar-refractivity contribution is 5.93. The average molecular weight is 353 g/mol. The summed E-state index contributed by atoms with van der Waals surface area (Å²) in [6, 6.07) is 4.16. The van der Waals surface area contributed by atoms with Gasteiger partial charge in [0, 0.05) is 31.4 Å². The zero-order valence-corrected chi connectivity index (χ0v) is 13.8. The van der Waals surface area contributed by atoms with Gasteiger partial charge in [-0.2, -0.15) is 13.2 Å². The van der Waals surface area contributed by atoms with Gasteiger partial charge in [0.15, 0.2) is 0 Å². The molecular formula is C16H18F3N5O. The van der Waals surface area contributed by atoms with Crippen LogP contribution in [0, 0.1) is 6.92 Å². The van der Waals surface area contributed by atoms with E-state index >= 15 is 0 Å². The van der Waals surface area contributed by atoms with E-state index in [9.17, 15) is 18.0 Å². The molecule has 134 valence electrons. The quantitative estimate of drug-likeness (QED) is 0.834. The first-order chi connectivity index (χ1) is 11.8. The molecule has 0 aliphatic rings. The van der Waals surface area contributed by atoms with Crippen LogP contribution in [-0.4, -0.2) is 33.9 Å². The summed E-state index contributed by atoms with van der Waals surface area (Å²) in [7, 11) is 0. The molecule has 0 bridgehead atoms. The number of anilines is 1. The van der Waals surface area contributed by atoms with Crippen LogP contribution in [0.4, 0.5) is 19.0 Å². The third-order valence-electron chi connectivity index (χ3n) is 3.21. The minimum absolute atomic E-state index is 0.110. The minimum atomic E-state index is -4.49. The van der Waals surface area contributed by atoms with Gasteiger partial charge in [0.25, 0.3) is 5.91 Å². The predicted octanol–water partition coefficient (Wildman–Crippen LogP) is 2.60. The van der Waals surface area contributed by atoms with Gasteiger partial charge in [-0.3, -0.25) is 4.79 Å². The summed E-state index contributed by atoms with van der Waals surface area (Å²) in [5, 5.41) is 5.63. The number of nitrogens with one attached hydrogen (secondary N) is 2. The summed E-state index contributed by atoms with van der Waals surface area (Å²) >= 11 is 0. The molecule has 0 saturated heterocycles. The minimum Gasteiger partial charge on any atom is -0.370 e. The number of hydrogen-bond donors (Lipinski definition) is 2. The van der Waals surface area contributed by atoms with Crippen molar-refractivity contribution in [3.05, 3.63) is 47.2 Å². The van der Waals surface area contributed by atoms with Crippen molar-refractivity contribution in [3.8, 4) is 0 Å². The molecule has 2 aromatic rings. The summed E-state index contributed by atoms with van der Waals surface area (Å²) in [4.78, 5) is 23.3. The Balaban J connectivity index is 1.95. The first-order valence-electron chi connectivity index (χ1n) is 7.69. The number of carbonyl (C=O) groups is 1. The summed E-state index contributed by atoms with van der Waals surface area (Å²) in [6.45, 7) is 4.15. The zero-order chi connectivity index (χ0) is 18.4. The van der Waals surface area contributed by atoms with Crippen LogP contribution in [0.15, 0.2) is 24.4 Å². The number of alkyl halides is 3. The van der Waals surface area contributed by atoms with E-state index in [-0.39, 0.29) is 23.8 Å². The molecule has 0 aliphatic carbocycles. The van der Waals surface area contributed by atoms with Crippen molar-refractivity contribution in [2.75, 3.05) is 18.4 Å². The fourth-order valence-electron chi connectivity index (χ4n) is 2.08. The number of aromatic nitrogens is 3. The van der Waals surface area contributed by atoms with Crippen molar-refractivity contribution < 1.29 is 18.0 Å². The summed E-state index contributed by atoms with van der Waals surface area (Å²) in [5.41, 5.74) is -0.245. The average Bonchev–Trinajstić information content (AvgIpc) is 2.54. The Morgan fingerprint density at radius 3 is 2.60 bits per heavy atom. The van der Waals surface area contributed by atoms with Crippen LogP contribution in [0.5, 0.6) is 0 Å². The van der Waals surface area contributed by atoms with Crippen molar-refractivity contribution in [1.82, 2.24) is 20.3 Å². The van der Waals surface area contributed by atoms with Gasteiger partial charge in [0.2, 0.25) is 0 Å². The van der Waals surface area contributed by atoms with Crippen LogP contribution in [0.2, 0.25) is 0 Å². The van der Waals surface area contributed by atoms with Gasteiger partial charge < -0.3 is 10.6 Å². The van der Waals surface area contributed by atoms with Crippen LogP contribution in [0.3, 0.4) is 0 Å². The second-order valence-electron chi connectivity index (χ2n) is 5.28. The predicted molar refractivity (Wildman–Crippen MR) is 86.2 cm³/mol. The number of hydrogen-bond acceptors (Lipinski definition) is 5. The first-order valence-corrected chi connectivity index (χ1v) is 7.69. The van der Waals surface area contributed by atoms with E-state index in [0.717, 1.165) is 6.07 Å². The maximum atomic E-state index is 12.7. The third kappa shape index (κ3) is 5.40. The molecule has 0 fully saturated rings. The summed E-state index contributed by atoms with van der Waals surface area (Å²) < 4.78 is 38.2. The molecule has 0 radical (unpaired) electrons. The largest absolute Gasteiger partial charge is 0.433 e. The Morgan fingerprint density at radius 2 is 2.00 bits per heavy atom. The molecule has 2 N–H and O–H groups in total. The molecule has 1 amide bonds. The van der Waals surface area contributed by atoms with Crippen LogP contribution in [0.25, 0.3) is 0 Å². The smallest absolute Gasteiger partial charge is 0.370 e. The molecule has 25 heavy (non-hydrogen) atoms. The number of pyridine rings is 1. The van der Waals surface area contributed by atoms with Gasteiger partial charge in [0.1, 0.15) is 17.3 Å². The normalized spacial score (nSPS) is 11.2. The van der Waals surface area contributed by atoms with Crippen molar-refractivity contribution in [2.45, 2.75) is 26.4 Å². The highest BCUT2D eigenvalue weighted by Gasteiger charge is 2.33. The van der Waals surface area contributed by atoms with E-state index in [1.165, 1.54) is 13.1 Å². The molecule has 6 nitrogen and oxygen atoms in total. The molecule has 0 saturated carbocycles. The van der Waals surface area contributed by atoms with Crippen LogP contribution in [0.1, 0.15) is 34.5 Å². The number of halogens is 3. The topological polar surface area (TPSA) is 79.8 Å². The van der Waals surface area contributed by atoms with Crippen LogP contribution >= 0.6 is 0 Å². The Bertz CT molecular complexity index is 732. The zero-order valence-electron chi connectivity index (χ0n) is 13.8. The number of nitrogens with zero attached hydrogens (tertiary/aromatic N) is 3. The lowest BCUT2D eigenvalue weighted by molar-refractivity contribution is -0.141. The molecule has 0 unspecified atom stereocenters. The molecule has 0 aliphatic heterocycles. The lowest BCUT2D eigenvalue weighted by Crippen LogP contribution is -2.22. The molecule has 2 aromatic heterocycles. The van der Waals surface area contributed by atoms with Crippen molar-refractivity contribution >= 4 is 11.7 Å².